The van der Waals surface area contributed by atoms with Gasteiger partial charge in [0.05, 0.1) is 24.7 Å². The molecule has 9 nitrogen and oxygen atoms in total. The van der Waals surface area contributed by atoms with Crippen molar-refractivity contribution in [1.29, 1.82) is 5.26 Å². The number of nitro benzene ring substituents is 1. The molecule has 0 aliphatic rings. The molecule has 0 spiro atoms. The van der Waals surface area contributed by atoms with Gasteiger partial charge in [-0.2, -0.15) is 5.26 Å². The number of amides is 1. The van der Waals surface area contributed by atoms with Crippen LogP contribution in [-0.2, 0) is 11.4 Å². The van der Waals surface area contributed by atoms with Crippen molar-refractivity contribution in [3.8, 4) is 23.3 Å². The van der Waals surface area contributed by atoms with Crippen molar-refractivity contribution in [1.82, 2.24) is 0 Å². The Bertz CT molecular complexity index is 1330. The SMILES string of the molecule is CCOc1cc(/C=C(\C#N)C(=O)Nc2ccc(OC)cc2[N+](=O)[O-])ccc1OCc1ccc(C)cc1. The molecule has 0 heterocycles. The summed E-state index contributed by atoms with van der Waals surface area (Å²) in [6, 6.07) is 18.9. The lowest BCUT2D eigenvalue weighted by molar-refractivity contribution is -0.384. The van der Waals surface area contributed by atoms with E-state index >= 15 is 0 Å². The van der Waals surface area contributed by atoms with Gasteiger partial charge in [0.2, 0.25) is 0 Å². The van der Waals surface area contributed by atoms with Crippen LogP contribution in [0.15, 0.2) is 66.2 Å². The number of methoxy groups -OCH3 is 1. The summed E-state index contributed by atoms with van der Waals surface area (Å²) in [5.74, 6) is 0.459. The average molecular weight is 488 g/mol. The van der Waals surface area contributed by atoms with Gasteiger partial charge in [-0.25, -0.2) is 0 Å². The standard InChI is InChI=1S/C27H25N3O6/c1-4-35-26-14-20(9-12-25(26)36-17-19-7-5-18(2)6-8-19)13-21(16-28)27(31)29-23-11-10-22(34-3)15-24(23)30(32)33/h5-15H,4,17H2,1-3H3,(H,29,31)/b21-13+. The molecule has 9 heteroatoms. The van der Waals surface area contributed by atoms with E-state index in [0.29, 0.717) is 30.3 Å². The highest BCUT2D eigenvalue weighted by molar-refractivity contribution is 6.10. The van der Waals surface area contributed by atoms with Crippen molar-refractivity contribution >= 4 is 23.4 Å². The van der Waals surface area contributed by atoms with Gasteiger partial charge in [-0.15, -0.1) is 0 Å². The van der Waals surface area contributed by atoms with Crippen LogP contribution in [0.25, 0.3) is 6.08 Å². The van der Waals surface area contributed by atoms with Gasteiger partial charge in [-0.05, 0) is 55.3 Å². The second-order valence-corrected chi connectivity index (χ2v) is 7.68. The van der Waals surface area contributed by atoms with Gasteiger partial charge in [0.1, 0.15) is 29.7 Å². The summed E-state index contributed by atoms with van der Waals surface area (Å²) in [5.41, 5.74) is 2.04. The summed E-state index contributed by atoms with van der Waals surface area (Å²) in [6.07, 6.45) is 1.37. The highest BCUT2D eigenvalue weighted by atomic mass is 16.6. The van der Waals surface area contributed by atoms with Gasteiger partial charge in [-0.1, -0.05) is 35.9 Å². The summed E-state index contributed by atoms with van der Waals surface area (Å²) >= 11 is 0. The van der Waals surface area contributed by atoms with Gasteiger partial charge in [-0.3, -0.25) is 14.9 Å². The lowest BCUT2D eigenvalue weighted by Crippen LogP contribution is -2.14. The summed E-state index contributed by atoms with van der Waals surface area (Å²) < 4.78 is 16.6. The van der Waals surface area contributed by atoms with Crippen LogP contribution in [0.4, 0.5) is 11.4 Å². The number of hydrogen-bond donors (Lipinski definition) is 1. The number of nitro groups is 1. The van der Waals surface area contributed by atoms with E-state index in [9.17, 15) is 20.2 Å². The van der Waals surface area contributed by atoms with E-state index in [1.165, 1.54) is 31.4 Å². The van der Waals surface area contributed by atoms with Crippen LogP contribution < -0.4 is 19.5 Å². The van der Waals surface area contributed by atoms with Crippen LogP contribution >= 0.6 is 0 Å². The Morgan fingerprint density at radius 3 is 2.47 bits per heavy atom. The van der Waals surface area contributed by atoms with Crippen LogP contribution in [0, 0.1) is 28.4 Å². The summed E-state index contributed by atoms with van der Waals surface area (Å²) in [4.78, 5) is 23.5. The number of aryl methyl sites for hydroxylation is 1. The zero-order chi connectivity index (χ0) is 26.1. The molecule has 3 aromatic rings. The van der Waals surface area contributed by atoms with Crippen LogP contribution in [-0.4, -0.2) is 24.5 Å². The first-order valence-corrected chi connectivity index (χ1v) is 11.0. The maximum absolute atomic E-state index is 12.7. The summed E-state index contributed by atoms with van der Waals surface area (Å²) in [7, 11) is 1.38. The predicted molar refractivity (Wildman–Crippen MR) is 135 cm³/mol. The number of nitrogens with one attached hydrogen (secondary N) is 1. The van der Waals surface area contributed by atoms with E-state index in [2.05, 4.69) is 5.32 Å². The molecule has 0 saturated heterocycles. The number of ether oxygens (including phenoxy) is 3. The van der Waals surface area contributed by atoms with Crippen LogP contribution in [0.2, 0.25) is 0 Å². The molecule has 0 saturated carbocycles. The van der Waals surface area contributed by atoms with E-state index in [1.807, 2.05) is 44.2 Å². The van der Waals surface area contributed by atoms with Gasteiger partial charge in [0.25, 0.3) is 11.6 Å². The Balaban J connectivity index is 1.81. The first-order chi connectivity index (χ1) is 17.3. The molecule has 3 rings (SSSR count). The molecular formula is C27H25N3O6. The fourth-order valence-electron chi connectivity index (χ4n) is 3.25. The normalized spacial score (nSPS) is 10.8. The van der Waals surface area contributed by atoms with Crippen molar-refractivity contribution in [2.24, 2.45) is 0 Å². The number of anilines is 1. The van der Waals surface area contributed by atoms with Crippen molar-refractivity contribution in [2.75, 3.05) is 19.0 Å². The van der Waals surface area contributed by atoms with E-state index in [1.54, 1.807) is 18.2 Å². The third-order valence-corrected chi connectivity index (χ3v) is 5.11. The zero-order valence-corrected chi connectivity index (χ0v) is 20.1. The molecule has 0 aliphatic carbocycles. The third kappa shape index (κ3) is 6.61. The van der Waals surface area contributed by atoms with E-state index in [-0.39, 0.29) is 22.7 Å². The van der Waals surface area contributed by atoms with Crippen LogP contribution in [0.3, 0.4) is 0 Å². The highest BCUT2D eigenvalue weighted by Crippen LogP contribution is 2.31. The monoisotopic (exact) mass is 487 g/mol. The van der Waals surface area contributed by atoms with Gasteiger partial charge < -0.3 is 19.5 Å². The highest BCUT2D eigenvalue weighted by Gasteiger charge is 2.19. The lowest BCUT2D eigenvalue weighted by atomic mass is 10.1. The fraction of sp³-hybridized carbons (Fsp3) is 0.185. The molecule has 0 bridgehead atoms. The molecule has 3 aromatic carbocycles. The first kappa shape index (κ1) is 25.8. The Morgan fingerprint density at radius 1 is 1.08 bits per heavy atom. The van der Waals surface area contributed by atoms with Crippen molar-refractivity contribution in [3.05, 3.63) is 93.0 Å². The third-order valence-electron chi connectivity index (χ3n) is 5.11. The summed E-state index contributed by atoms with van der Waals surface area (Å²) in [6.45, 7) is 4.59. The van der Waals surface area contributed by atoms with Crippen molar-refractivity contribution in [2.45, 2.75) is 20.5 Å². The smallest absolute Gasteiger partial charge is 0.296 e. The fourth-order valence-corrected chi connectivity index (χ4v) is 3.25. The number of nitriles is 1. The molecule has 0 aromatic heterocycles. The number of carbonyl (C=O) groups excluding carboxylic acids is 1. The molecular weight excluding hydrogens is 462 g/mol. The van der Waals surface area contributed by atoms with E-state index in [4.69, 9.17) is 14.2 Å². The maximum Gasteiger partial charge on any atom is 0.296 e. The topological polar surface area (TPSA) is 124 Å². The predicted octanol–water partition coefficient (Wildman–Crippen LogP) is 5.44. The van der Waals surface area contributed by atoms with Gasteiger partial charge >= 0.3 is 0 Å². The number of hydrogen-bond acceptors (Lipinski definition) is 7. The zero-order valence-electron chi connectivity index (χ0n) is 20.1. The molecule has 0 fully saturated rings. The molecule has 1 N–H and O–H groups in total. The number of benzene rings is 3. The average Bonchev–Trinajstić information content (AvgIpc) is 2.88. The molecule has 36 heavy (non-hydrogen) atoms. The second-order valence-electron chi connectivity index (χ2n) is 7.68. The molecule has 0 unspecified atom stereocenters. The van der Waals surface area contributed by atoms with Crippen molar-refractivity contribution < 1.29 is 23.9 Å². The van der Waals surface area contributed by atoms with Crippen LogP contribution in [0.5, 0.6) is 17.2 Å². The quantitative estimate of drug-likeness (QED) is 0.175. The summed E-state index contributed by atoms with van der Waals surface area (Å²) in [5, 5.41) is 23.4. The number of carbonyl (C=O) groups is 1. The largest absolute Gasteiger partial charge is 0.496 e. The van der Waals surface area contributed by atoms with E-state index < -0.39 is 10.8 Å². The number of rotatable bonds is 10. The molecule has 0 aliphatic heterocycles. The minimum atomic E-state index is -0.788. The maximum atomic E-state index is 12.7. The first-order valence-electron chi connectivity index (χ1n) is 11.0. The van der Waals surface area contributed by atoms with E-state index in [0.717, 1.165) is 11.1 Å². The Hall–Kier alpha value is -4.84. The Morgan fingerprint density at radius 2 is 1.83 bits per heavy atom. The van der Waals surface area contributed by atoms with Crippen LogP contribution in [0.1, 0.15) is 23.6 Å². The molecule has 0 atom stereocenters. The molecule has 0 radical (unpaired) electrons. The van der Waals surface area contributed by atoms with Gasteiger partial charge in [0.15, 0.2) is 11.5 Å². The minimum Gasteiger partial charge on any atom is -0.496 e. The number of nitrogens with zero attached hydrogens (tertiary/aromatic N) is 2. The Kier molecular flexibility index (Phi) is 8.62. The minimum absolute atomic E-state index is 0.0539. The Labute approximate surface area is 208 Å². The van der Waals surface area contributed by atoms with Gasteiger partial charge in [0, 0.05) is 0 Å². The lowest BCUT2D eigenvalue weighted by Gasteiger charge is -2.13. The molecule has 184 valence electrons. The molecule has 1 amide bonds. The second kappa shape index (κ2) is 12.0. The van der Waals surface area contributed by atoms with Crippen molar-refractivity contribution in [3.63, 3.8) is 0 Å².